The van der Waals surface area contributed by atoms with E-state index in [1.165, 1.54) is 25.7 Å². The van der Waals surface area contributed by atoms with E-state index in [1.807, 2.05) is 20.8 Å². The summed E-state index contributed by atoms with van der Waals surface area (Å²) in [5, 5.41) is 6.17. The van der Waals surface area contributed by atoms with Gasteiger partial charge in [-0.15, -0.1) is 24.0 Å². The zero-order valence-corrected chi connectivity index (χ0v) is 16.6. The molecule has 1 aliphatic heterocycles. The number of carbonyl (C=O) groups is 1. The summed E-state index contributed by atoms with van der Waals surface area (Å²) < 4.78 is 0. The molecule has 6 heteroatoms. The maximum atomic E-state index is 11.9. The molecule has 0 aromatic carbocycles. The Morgan fingerprint density at radius 1 is 1.18 bits per heavy atom. The molecule has 0 radical (unpaired) electrons. The number of carbonyl (C=O) groups excluding carboxylic acids is 1. The third-order valence-corrected chi connectivity index (χ3v) is 4.41. The van der Waals surface area contributed by atoms with Crippen molar-refractivity contribution in [2.24, 2.45) is 16.8 Å². The number of guanidine groups is 1. The van der Waals surface area contributed by atoms with Crippen LogP contribution in [0.15, 0.2) is 4.99 Å². The van der Waals surface area contributed by atoms with Crippen LogP contribution in [-0.2, 0) is 4.79 Å². The van der Waals surface area contributed by atoms with Crippen molar-refractivity contribution in [3.8, 4) is 0 Å². The van der Waals surface area contributed by atoms with E-state index in [0.717, 1.165) is 30.9 Å². The summed E-state index contributed by atoms with van der Waals surface area (Å²) in [5.41, 5.74) is -0.190. The molecule has 2 unspecified atom stereocenters. The van der Waals surface area contributed by atoms with Crippen molar-refractivity contribution < 1.29 is 4.79 Å². The van der Waals surface area contributed by atoms with Crippen molar-refractivity contribution in [3.63, 3.8) is 0 Å². The van der Waals surface area contributed by atoms with E-state index >= 15 is 0 Å². The smallest absolute Gasteiger partial charge is 0.239 e. The molecule has 1 heterocycles. The third-order valence-electron chi connectivity index (χ3n) is 4.41. The van der Waals surface area contributed by atoms with Crippen LogP contribution in [0.5, 0.6) is 0 Å². The predicted octanol–water partition coefficient (Wildman–Crippen LogP) is 2.22. The van der Waals surface area contributed by atoms with Crippen LogP contribution < -0.4 is 10.6 Å². The second kappa shape index (κ2) is 8.36. The zero-order valence-electron chi connectivity index (χ0n) is 14.3. The molecule has 0 bridgehead atoms. The van der Waals surface area contributed by atoms with Crippen molar-refractivity contribution in [1.82, 2.24) is 15.5 Å². The molecule has 0 spiro atoms. The fourth-order valence-corrected chi connectivity index (χ4v) is 3.53. The summed E-state index contributed by atoms with van der Waals surface area (Å²) in [7, 11) is 1.80. The van der Waals surface area contributed by atoms with Crippen molar-refractivity contribution in [1.29, 1.82) is 0 Å². The topological polar surface area (TPSA) is 56.7 Å². The van der Waals surface area contributed by atoms with Crippen molar-refractivity contribution >= 4 is 35.8 Å². The van der Waals surface area contributed by atoms with Crippen LogP contribution in [0, 0.1) is 11.8 Å². The fourth-order valence-electron chi connectivity index (χ4n) is 3.53. The molecule has 1 saturated heterocycles. The minimum Gasteiger partial charge on any atom is -0.350 e. The number of halogens is 1. The fraction of sp³-hybridized carbons (Fsp3) is 0.875. The molecular weight excluding hydrogens is 391 g/mol. The molecule has 2 fully saturated rings. The number of hydrogen-bond donors (Lipinski definition) is 2. The van der Waals surface area contributed by atoms with Gasteiger partial charge in [0.05, 0.1) is 6.54 Å². The van der Waals surface area contributed by atoms with E-state index in [9.17, 15) is 4.79 Å². The van der Waals surface area contributed by atoms with E-state index in [2.05, 4.69) is 20.5 Å². The van der Waals surface area contributed by atoms with Crippen LogP contribution in [0.2, 0.25) is 0 Å². The number of amides is 1. The maximum absolute atomic E-state index is 11.9. The third kappa shape index (κ3) is 5.59. The highest BCUT2D eigenvalue weighted by Crippen LogP contribution is 2.35. The Morgan fingerprint density at radius 2 is 1.73 bits per heavy atom. The lowest BCUT2D eigenvalue weighted by atomic mass is 9.82. The summed E-state index contributed by atoms with van der Waals surface area (Å²) in [6.07, 6.45) is 5.44. The number of rotatable bonds is 2. The number of aliphatic imine (C=N–C) groups is 1. The molecule has 1 amide bonds. The molecule has 0 aromatic heterocycles. The summed E-state index contributed by atoms with van der Waals surface area (Å²) in [5.74, 6) is 2.52. The predicted molar refractivity (Wildman–Crippen MR) is 102 cm³/mol. The average Bonchev–Trinajstić information content (AvgIpc) is 2.80. The first-order valence-electron chi connectivity index (χ1n) is 8.15. The Balaban J connectivity index is 0.00000242. The number of fused-ring (bicyclic) bond motifs is 1. The van der Waals surface area contributed by atoms with Gasteiger partial charge in [0.2, 0.25) is 5.91 Å². The van der Waals surface area contributed by atoms with Gasteiger partial charge in [-0.2, -0.15) is 0 Å². The van der Waals surface area contributed by atoms with Gasteiger partial charge in [-0.05, 0) is 45.4 Å². The summed E-state index contributed by atoms with van der Waals surface area (Å²) in [6.45, 7) is 8.44. The Hall–Kier alpha value is -0.530. The van der Waals surface area contributed by atoms with Gasteiger partial charge in [0.15, 0.2) is 5.96 Å². The zero-order chi connectivity index (χ0) is 15.5. The van der Waals surface area contributed by atoms with E-state index in [4.69, 9.17) is 0 Å². The van der Waals surface area contributed by atoms with Crippen molar-refractivity contribution in [2.45, 2.75) is 52.0 Å². The lowest BCUT2D eigenvalue weighted by Gasteiger charge is -2.24. The summed E-state index contributed by atoms with van der Waals surface area (Å²) >= 11 is 0. The molecule has 128 valence electrons. The van der Waals surface area contributed by atoms with Crippen LogP contribution in [0.1, 0.15) is 46.5 Å². The molecule has 22 heavy (non-hydrogen) atoms. The second-order valence-corrected chi connectivity index (χ2v) is 7.41. The monoisotopic (exact) mass is 422 g/mol. The van der Waals surface area contributed by atoms with Gasteiger partial charge in [0.25, 0.3) is 0 Å². The highest BCUT2D eigenvalue weighted by Gasteiger charge is 2.35. The largest absolute Gasteiger partial charge is 0.350 e. The Kier molecular flexibility index (Phi) is 7.41. The minimum atomic E-state index is -0.190. The van der Waals surface area contributed by atoms with Gasteiger partial charge in [-0.3, -0.25) is 9.79 Å². The Bertz CT molecular complexity index is 391. The summed E-state index contributed by atoms with van der Waals surface area (Å²) in [4.78, 5) is 18.6. The van der Waals surface area contributed by atoms with E-state index in [1.54, 1.807) is 7.05 Å². The first-order chi connectivity index (χ1) is 9.89. The first-order valence-corrected chi connectivity index (χ1v) is 8.15. The SMILES string of the molecule is CN=C(NCC(=O)NC(C)(C)C)N1CC2CCCCC2C1.I. The van der Waals surface area contributed by atoms with Gasteiger partial charge in [-0.1, -0.05) is 12.8 Å². The molecule has 1 saturated carbocycles. The second-order valence-electron chi connectivity index (χ2n) is 7.41. The van der Waals surface area contributed by atoms with E-state index in [0.29, 0.717) is 0 Å². The lowest BCUT2D eigenvalue weighted by molar-refractivity contribution is -0.121. The molecule has 1 aliphatic carbocycles. The van der Waals surface area contributed by atoms with E-state index in [-0.39, 0.29) is 42.0 Å². The standard InChI is InChI=1S/C16H30N4O.HI/c1-16(2,3)19-14(21)9-18-15(17-4)20-10-12-7-5-6-8-13(12)11-20;/h12-13H,5-11H2,1-4H3,(H,17,18)(H,19,21);1H. The van der Waals surface area contributed by atoms with Crippen LogP contribution in [0.4, 0.5) is 0 Å². The highest BCUT2D eigenvalue weighted by atomic mass is 127. The lowest BCUT2D eigenvalue weighted by Crippen LogP contribution is -2.48. The van der Waals surface area contributed by atoms with Crippen LogP contribution in [0.3, 0.4) is 0 Å². The minimum absolute atomic E-state index is 0. The van der Waals surface area contributed by atoms with Gasteiger partial charge in [0.1, 0.15) is 0 Å². The quantitative estimate of drug-likeness (QED) is 0.408. The molecule has 2 rings (SSSR count). The molecule has 0 aromatic rings. The van der Waals surface area contributed by atoms with Crippen molar-refractivity contribution in [2.75, 3.05) is 26.7 Å². The van der Waals surface area contributed by atoms with Crippen LogP contribution >= 0.6 is 24.0 Å². The van der Waals surface area contributed by atoms with Gasteiger partial charge >= 0.3 is 0 Å². The van der Waals surface area contributed by atoms with Crippen LogP contribution in [-0.4, -0.2) is 49.0 Å². The van der Waals surface area contributed by atoms with E-state index < -0.39 is 0 Å². The maximum Gasteiger partial charge on any atom is 0.239 e. The molecule has 2 aliphatic rings. The number of likely N-dealkylation sites (tertiary alicyclic amines) is 1. The molecule has 5 nitrogen and oxygen atoms in total. The Morgan fingerprint density at radius 3 is 2.18 bits per heavy atom. The van der Waals surface area contributed by atoms with Gasteiger partial charge < -0.3 is 15.5 Å². The van der Waals surface area contributed by atoms with Gasteiger partial charge in [-0.25, -0.2) is 0 Å². The normalized spacial score (nSPS) is 25.3. The Labute approximate surface area is 151 Å². The number of nitrogens with zero attached hydrogens (tertiary/aromatic N) is 2. The van der Waals surface area contributed by atoms with Gasteiger partial charge in [0, 0.05) is 25.7 Å². The molecular formula is C16H31IN4O. The first kappa shape index (κ1) is 19.5. The number of nitrogens with one attached hydrogen (secondary N) is 2. The molecule has 2 atom stereocenters. The summed E-state index contributed by atoms with van der Waals surface area (Å²) in [6, 6.07) is 0. The highest BCUT2D eigenvalue weighted by molar-refractivity contribution is 14.0. The molecule has 2 N–H and O–H groups in total. The average molecular weight is 422 g/mol. The number of hydrogen-bond acceptors (Lipinski definition) is 2. The van der Waals surface area contributed by atoms with Crippen LogP contribution in [0.25, 0.3) is 0 Å². The van der Waals surface area contributed by atoms with Crippen molar-refractivity contribution in [3.05, 3.63) is 0 Å².